The van der Waals surface area contributed by atoms with Gasteiger partial charge in [0.15, 0.2) is 5.82 Å². The Labute approximate surface area is 173 Å². The zero-order chi connectivity index (χ0) is 21.6. The molecule has 2 aliphatic heterocycles. The van der Waals surface area contributed by atoms with E-state index in [2.05, 4.69) is 15.4 Å². The van der Waals surface area contributed by atoms with Gasteiger partial charge in [-0.15, -0.1) is 0 Å². The molecule has 2 saturated heterocycles. The van der Waals surface area contributed by atoms with Crippen molar-refractivity contribution in [2.24, 2.45) is 12.5 Å². The average Bonchev–Trinajstić information content (AvgIpc) is 3.32. The molecule has 10 heteroatoms. The van der Waals surface area contributed by atoms with E-state index in [1.165, 1.54) is 15.6 Å². The number of nitrogens with zero attached hydrogens (tertiary/aromatic N) is 5. The van der Waals surface area contributed by atoms with Gasteiger partial charge >= 0.3 is 0 Å². The molecule has 1 unspecified atom stereocenters. The van der Waals surface area contributed by atoms with Gasteiger partial charge in [-0.3, -0.25) is 28.9 Å². The van der Waals surface area contributed by atoms with E-state index < -0.39 is 23.3 Å². The molecule has 0 spiro atoms. The summed E-state index contributed by atoms with van der Waals surface area (Å²) in [6.45, 7) is 4.65. The monoisotopic (exact) mass is 412 g/mol. The molecule has 0 aromatic carbocycles. The van der Waals surface area contributed by atoms with Gasteiger partial charge in [-0.1, -0.05) is 19.9 Å². The summed E-state index contributed by atoms with van der Waals surface area (Å²) >= 11 is 0. The van der Waals surface area contributed by atoms with E-state index in [1.54, 1.807) is 30.3 Å². The van der Waals surface area contributed by atoms with E-state index in [1.807, 2.05) is 13.8 Å². The van der Waals surface area contributed by atoms with Crippen LogP contribution in [-0.2, 0) is 16.6 Å². The maximum absolute atomic E-state index is 12.8. The fourth-order valence-electron chi connectivity index (χ4n) is 3.71. The number of rotatable bonds is 4. The molecular formula is C20H24N6O4. The molecule has 2 aromatic rings. The van der Waals surface area contributed by atoms with Crippen molar-refractivity contribution >= 4 is 35.0 Å². The third-order valence-electron chi connectivity index (χ3n) is 5.52. The number of anilines is 3. The molecule has 3 amide bonds. The van der Waals surface area contributed by atoms with Crippen molar-refractivity contribution in [1.29, 1.82) is 0 Å². The fraction of sp³-hybridized carbons (Fsp3) is 0.450. The van der Waals surface area contributed by atoms with Crippen LogP contribution in [0.1, 0.15) is 37.2 Å². The van der Waals surface area contributed by atoms with Crippen LogP contribution in [0.2, 0.25) is 0 Å². The van der Waals surface area contributed by atoms with Crippen molar-refractivity contribution in [3.63, 3.8) is 0 Å². The van der Waals surface area contributed by atoms with Crippen molar-refractivity contribution in [1.82, 2.24) is 14.8 Å². The van der Waals surface area contributed by atoms with Gasteiger partial charge in [-0.05, 0) is 18.6 Å². The van der Waals surface area contributed by atoms with E-state index in [9.17, 15) is 19.5 Å². The quantitative estimate of drug-likeness (QED) is 0.771. The molecule has 0 aliphatic carbocycles. The second-order valence-electron chi connectivity index (χ2n) is 8.26. The minimum Gasteiger partial charge on any atom is -0.383 e. The number of carbonyl (C=O) groups is 3. The smallest absolute Gasteiger partial charge is 0.274 e. The highest BCUT2D eigenvalue weighted by atomic mass is 16.3. The first kappa shape index (κ1) is 20.0. The van der Waals surface area contributed by atoms with Crippen LogP contribution in [-0.4, -0.2) is 56.8 Å². The summed E-state index contributed by atoms with van der Waals surface area (Å²) in [6, 6.07) is 4.79. The normalized spacial score (nSPS) is 20.9. The van der Waals surface area contributed by atoms with Crippen LogP contribution < -0.4 is 15.1 Å². The van der Waals surface area contributed by atoms with Crippen LogP contribution in [0.3, 0.4) is 0 Å². The van der Waals surface area contributed by atoms with Crippen molar-refractivity contribution in [3.05, 3.63) is 30.1 Å². The molecule has 0 bridgehead atoms. The SMILES string of the molecule is Cn1cc(NC(=O)c2cccc(N3CCC(O)C3=O)n2)c(N2CCC(C)(C)C2=O)n1. The van der Waals surface area contributed by atoms with Crippen molar-refractivity contribution < 1.29 is 19.5 Å². The molecule has 2 N–H and O–H groups in total. The van der Waals surface area contributed by atoms with Gasteiger partial charge in [-0.2, -0.15) is 5.10 Å². The predicted octanol–water partition coefficient (Wildman–Crippen LogP) is 0.928. The number of pyridine rings is 1. The van der Waals surface area contributed by atoms with Crippen LogP contribution in [0, 0.1) is 5.41 Å². The number of aromatic nitrogens is 3. The summed E-state index contributed by atoms with van der Waals surface area (Å²) < 4.78 is 1.54. The molecule has 1 atom stereocenters. The third kappa shape index (κ3) is 3.43. The Hall–Kier alpha value is -3.27. The maximum Gasteiger partial charge on any atom is 0.274 e. The number of nitrogens with one attached hydrogen (secondary N) is 1. The average molecular weight is 412 g/mol. The lowest BCUT2D eigenvalue weighted by Gasteiger charge is -2.19. The molecule has 30 heavy (non-hydrogen) atoms. The standard InChI is InChI=1S/C20H24N6O4/c1-20(2)8-10-26(19(20)30)16-13(11-24(3)23-16)22-17(28)12-5-4-6-15(21-12)25-9-7-14(27)18(25)29/h4-6,11,14,27H,7-10H2,1-3H3,(H,22,28). The second-order valence-corrected chi connectivity index (χ2v) is 8.26. The van der Waals surface area contributed by atoms with Crippen LogP contribution in [0.15, 0.2) is 24.4 Å². The minimum absolute atomic E-state index is 0.0390. The van der Waals surface area contributed by atoms with Crippen molar-refractivity contribution in [3.8, 4) is 0 Å². The summed E-state index contributed by atoms with van der Waals surface area (Å²) in [5.41, 5.74) is 0.0552. The Kier molecular flexibility index (Phi) is 4.81. The Morgan fingerprint density at radius 2 is 2.00 bits per heavy atom. The second kappa shape index (κ2) is 7.21. The Morgan fingerprint density at radius 3 is 2.63 bits per heavy atom. The number of aliphatic hydroxyl groups is 1. The molecule has 4 rings (SSSR count). The third-order valence-corrected chi connectivity index (χ3v) is 5.52. The van der Waals surface area contributed by atoms with Gasteiger partial charge in [0.05, 0.1) is 6.20 Å². The molecule has 2 aromatic heterocycles. The van der Waals surface area contributed by atoms with Crippen LogP contribution in [0.5, 0.6) is 0 Å². The number of hydrogen-bond donors (Lipinski definition) is 2. The Morgan fingerprint density at radius 1 is 1.23 bits per heavy atom. The molecule has 4 heterocycles. The fourth-order valence-corrected chi connectivity index (χ4v) is 3.71. The van der Waals surface area contributed by atoms with E-state index in [0.29, 0.717) is 43.3 Å². The van der Waals surface area contributed by atoms with Crippen molar-refractivity contribution in [2.45, 2.75) is 32.8 Å². The molecule has 10 nitrogen and oxygen atoms in total. The summed E-state index contributed by atoms with van der Waals surface area (Å²) in [7, 11) is 1.72. The van der Waals surface area contributed by atoms with Crippen LogP contribution in [0.25, 0.3) is 0 Å². The Bertz CT molecular complexity index is 1030. The van der Waals surface area contributed by atoms with Gasteiger partial charge in [-0.25, -0.2) is 4.98 Å². The van der Waals surface area contributed by atoms with Gasteiger partial charge in [0.2, 0.25) is 5.91 Å². The molecule has 2 aliphatic rings. The molecule has 2 fully saturated rings. The molecule has 0 radical (unpaired) electrons. The molecule has 0 saturated carbocycles. The summed E-state index contributed by atoms with van der Waals surface area (Å²) in [5, 5.41) is 16.8. The number of carbonyl (C=O) groups excluding carboxylic acids is 3. The highest BCUT2D eigenvalue weighted by Crippen LogP contribution is 2.36. The van der Waals surface area contributed by atoms with E-state index in [4.69, 9.17) is 0 Å². The van der Waals surface area contributed by atoms with E-state index in [0.717, 1.165) is 0 Å². The lowest BCUT2D eigenvalue weighted by atomic mass is 9.92. The zero-order valence-electron chi connectivity index (χ0n) is 17.1. The highest BCUT2D eigenvalue weighted by Gasteiger charge is 2.41. The van der Waals surface area contributed by atoms with Crippen LogP contribution in [0.4, 0.5) is 17.3 Å². The Balaban J connectivity index is 1.56. The van der Waals surface area contributed by atoms with Gasteiger partial charge in [0, 0.05) is 32.0 Å². The largest absolute Gasteiger partial charge is 0.383 e. The minimum atomic E-state index is -1.04. The number of amides is 3. The number of aryl methyl sites for hydroxylation is 1. The first-order valence-electron chi connectivity index (χ1n) is 9.81. The van der Waals surface area contributed by atoms with Gasteiger partial charge in [0.1, 0.15) is 23.3 Å². The predicted molar refractivity (Wildman–Crippen MR) is 109 cm³/mol. The van der Waals surface area contributed by atoms with Crippen molar-refractivity contribution in [2.75, 3.05) is 28.2 Å². The first-order chi connectivity index (χ1) is 14.2. The first-order valence-corrected chi connectivity index (χ1v) is 9.81. The summed E-state index contributed by atoms with van der Waals surface area (Å²) in [4.78, 5) is 44.8. The summed E-state index contributed by atoms with van der Waals surface area (Å²) in [6.07, 6.45) is 1.63. The maximum atomic E-state index is 12.8. The van der Waals surface area contributed by atoms with Gasteiger partial charge in [0.25, 0.3) is 11.8 Å². The van der Waals surface area contributed by atoms with Crippen LogP contribution >= 0.6 is 0 Å². The number of hydrogen-bond acceptors (Lipinski definition) is 6. The summed E-state index contributed by atoms with van der Waals surface area (Å²) in [5.74, 6) is -0.237. The van der Waals surface area contributed by atoms with E-state index >= 15 is 0 Å². The topological polar surface area (TPSA) is 121 Å². The molecule has 158 valence electrons. The van der Waals surface area contributed by atoms with Gasteiger partial charge < -0.3 is 10.4 Å². The van der Waals surface area contributed by atoms with E-state index in [-0.39, 0.29) is 11.6 Å². The lowest BCUT2D eigenvalue weighted by Crippen LogP contribution is -2.32. The molecular weight excluding hydrogens is 388 g/mol. The zero-order valence-corrected chi connectivity index (χ0v) is 17.1. The number of aliphatic hydroxyl groups excluding tert-OH is 1. The highest BCUT2D eigenvalue weighted by molar-refractivity contribution is 6.07. The lowest BCUT2D eigenvalue weighted by molar-refractivity contribution is -0.124.